The van der Waals surface area contributed by atoms with E-state index in [0.29, 0.717) is 11.5 Å². The van der Waals surface area contributed by atoms with E-state index in [-0.39, 0.29) is 6.01 Å². The van der Waals surface area contributed by atoms with Crippen molar-refractivity contribution in [3.63, 3.8) is 0 Å². The highest BCUT2D eigenvalue weighted by atomic mass is 16.4. The molecular weight excluding hydrogens is 152 g/mol. The van der Waals surface area contributed by atoms with Gasteiger partial charge in [-0.25, -0.2) is 0 Å². The number of nitrogen functional groups attached to an aromatic ring is 1. The Hall–Kier alpha value is -1.51. The van der Waals surface area contributed by atoms with Crippen LogP contribution in [-0.4, -0.2) is 4.98 Å². The highest BCUT2D eigenvalue weighted by Crippen LogP contribution is 2.21. The normalized spacial score (nSPS) is 11.7. The van der Waals surface area contributed by atoms with Crippen molar-refractivity contribution in [3.8, 4) is 0 Å². The van der Waals surface area contributed by atoms with Crippen LogP contribution in [0.5, 0.6) is 0 Å². The zero-order valence-electron chi connectivity index (χ0n) is 7.29. The van der Waals surface area contributed by atoms with Crippen molar-refractivity contribution in [2.75, 3.05) is 5.73 Å². The lowest BCUT2D eigenvalue weighted by Gasteiger charge is -1.93. The SMILES string of the molecule is C=Cc1nc(N)oc1/C(C)=C\C. The quantitative estimate of drug-likeness (QED) is 0.729. The molecule has 0 bridgehead atoms. The van der Waals surface area contributed by atoms with Crippen molar-refractivity contribution >= 4 is 17.7 Å². The molecule has 2 N–H and O–H groups in total. The number of hydrogen-bond donors (Lipinski definition) is 1. The number of hydrogen-bond acceptors (Lipinski definition) is 3. The van der Waals surface area contributed by atoms with Crippen LogP contribution < -0.4 is 5.73 Å². The summed E-state index contributed by atoms with van der Waals surface area (Å²) >= 11 is 0. The Morgan fingerprint density at radius 1 is 1.67 bits per heavy atom. The molecule has 1 aromatic rings. The molecule has 0 amide bonds. The van der Waals surface area contributed by atoms with Crippen LogP contribution in [0, 0.1) is 0 Å². The third-order valence-electron chi connectivity index (χ3n) is 1.65. The van der Waals surface area contributed by atoms with Gasteiger partial charge < -0.3 is 10.2 Å². The predicted molar refractivity (Wildman–Crippen MR) is 50.3 cm³/mol. The molecule has 64 valence electrons. The zero-order chi connectivity index (χ0) is 9.14. The lowest BCUT2D eigenvalue weighted by atomic mass is 10.2. The van der Waals surface area contributed by atoms with E-state index >= 15 is 0 Å². The molecule has 0 saturated heterocycles. The Bertz CT molecular complexity index is 323. The van der Waals surface area contributed by atoms with Gasteiger partial charge in [-0.15, -0.1) is 0 Å². The Morgan fingerprint density at radius 3 is 2.83 bits per heavy atom. The van der Waals surface area contributed by atoms with Crippen LogP contribution in [0.4, 0.5) is 6.01 Å². The summed E-state index contributed by atoms with van der Waals surface area (Å²) in [5.74, 6) is 0.699. The highest BCUT2D eigenvalue weighted by molar-refractivity contribution is 5.67. The van der Waals surface area contributed by atoms with Crippen LogP contribution in [0.1, 0.15) is 25.3 Å². The van der Waals surface area contributed by atoms with E-state index < -0.39 is 0 Å². The average Bonchev–Trinajstić information content (AvgIpc) is 2.45. The maximum absolute atomic E-state index is 5.39. The number of allylic oxidation sites excluding steroid dienone is 2. The van der Waals surface area contributed by atoms with Crippen LogP contribution in [0.25, 0.3) is 11.6 Å². The topological polar surface area (TPSA) is 52.0 Å². The Kier molecular flexibility index (Phi) is 2.33. The first kappa shape index (κ1) is 8.59. The smallest absolute Gasteiger partial charge is 0.292 e. The Morgan fingerprint density at radius 2 is 2.33 bits per heavy atom. The molecule has 0 spiro atoms. The molecule has 0 aliphatic rings. The standard InChI is InChI=1S/C9H12N2O/c1-4-6(3)8-7(5-2)11-9(10)12-8/h4-5H,2H2,1,3H3,(H2,10,11)/b6-4-. The van der Waals surface area contributed by atoms with Gasteiger partial charge in [0.2, 0.25) is 0 Å². The minimum atomic E-state index is 0.182. The summed E-state index contributed by atoms with van der Waals surface area (Å²) in [6.45, 7) is 7.49. The van der Waals surface area contributed by atoms with Crippen molar-refractivity contribution in [1.29, 1.82) is 0 Å². The molecular formula is C9H12N2O. The van der Waals surface area contributed by atoms with Crippen molar-refractivity contribution < 1.29 is 4.42 Å². The summed E-state index contributed by atoms with van der Waals surface area (Å²) in [5.41, 5.74) is 7.10. The lowest BCUT2D eigenvalue weighted by molar-refractivity contribution is 0.565. The van der Waals surface area contributed by atoms with E-state index in [0.717, 1.165) is 5.57 Å². The number of nitrogens with zero attached hydrogens (tertiary/aromatic N) is 1. The monoisotopic (exact) mass is 164 g/mol. The van der Waals surface area contributed by atoms with Crippen LogP contribution >= 0.6 is 0 Å². The van der Waals surface area contributed by atoms with Crippen LogP contribution in [0.2, 0.25) is 0 Å². The minimum Gasteiger partial charge on any atom is -0.423 e. The second-order valence-corrected chi connectivity index (χ2v) is 2.44. The minimum absolute atomic E-state index is 0.182. The maximum Gasteiger partial charge on any atom is 0.292 e. The van der Waals surface area contributed by atoms with Crippen molar-refractivity contribution in [2.45, 2.75) is 13.8 Å². The van der Waals surface area contributed by atoms with Gasteiger partial charge in [0, 0.05) is 0 Å². The molecule has 0 aromatic carbocycles. The van der Waals surface area contributed by atoms with Crippen molar-refractivity contribution in [2.24, 2.45) is 0 Å². The molecule has 12 heavy (non-hydrogen) atoms. The first-order chi connectivity index (χ1) is 5.69. The van der Waals surface area contributed by atoms with Crippen LogP contribution in [0.15, 0.2) is 17.1 Å². The summed E-state index contributed by atoms with van der Waals surface area (Å²) in [6, 6.07) is 0.182. The lowest BCUT2D eigenvalue weighted by Crippen LogP contribution is -1.82. The zero-order valence-corrected chi connectivity index (χ0v) is 7.29. The van der Waals surface area contributed by atoms with E-state index in [1.54, 1.807) is 6.08 Å². The fraction of sp³-hybridized carbons (Fsp3) is 0.222. The van der Waals surface area contributed by atoms with Gasteiger partial charge in [-0.3, -0.25) is 0 Å². The van der Waals surface area contributed by atoms with E-state index in [2.05, 4.69) is 11.6 Å². The van der Waals surface area contributed by atoms with Gasteiger partial charge in [0.25, 0.3) is 6.01 Å². The van der Waals surface area contributed by atoms with Gasteiger partial charge in [-0.05, 0) is 25.5 Å². The maximum atomic E-state index is 5.39. The molecule has 0 saturated carbocycles. The van der Waals surface area contributed by atoms with Crippen molar-refractivity contribution in [3.05, 3.63) is 24.1 Å². The summed E-state index contributed by atoms with van der Waals surface area (Å²) in [6.07, 6.45) is 3.56. The van der Waals surface area contributed by atoms with Crippen LogP contribution in [0.3, 0.4) is 0 Å². The highest BCUT2D eigenvalue weighted by Gasteiger charge is 2.08. The molecule has 3 nitrogen and oxygen atoms in total. The second-order valence-electron chi connectivity index (χ2n) is 2.44. The summed E-state index contributed by atoms with van der Waals surface area (Å²) in [4.78, 5) is 3.95. The Labute approximate surface area is 71.6 Å². The molecule has 0 atom stereocenters. The molecule has 1 heterocycles. The van der Waals surface area contributed by atoms with Gasteiger partial charge in [0.05, 0.1) is 0 Å². The molecule has 0 radical (unpaired) electrons. The van der Waals surface area contributed by atoms with E-state index in [1.807, 2.05) is 19.9 Å². The van der Waals surface area contributed by atoms with Crippen LogP contribution in [-0.2, 0) is 0 Å². The fourth-order valence-electron chi connectivity index (χ4n) is 0.901. The molecule has 1 aromatic heterocycles. The van der Waals surface area contributed by atoms with Gasteiger partial charge >= 0.3 is 0 Å². The number of aromatic nitrogens is 1. The number of rotatable bonds is 2. The number of nitrogens with two attached hydrogens (primary N) is 1. The van der Waals surface area contributed by atoms with Gasteiger partial charge in [0.15, 0.2) is 5.76 Å². The average molecular weight is 164 g/mol. The first-order valence-corrected chi connectivity index (χ1v) is 3.71. The van der Waals surface area contributed by atoms with Gasteiger partial charge in [0.1, 0.15) is 5.69 Å². The molecule has 0 unspecified atom stereocenters. The molecule has 3 heteroatoms. The Balaban J connectivity index is 3.22. The predicted octanol–water partition coefficient (Wildman–Crippen LogP) is 2.32. The summed E-state index contributed by atoms with van der Waals surface area (Å²) < 4.78 is 5.19. The largest absolute Gasteiger partial charge is 0.423 e. The first-order valence-electron chi connectivity index (χ1n) is 3.71. The number of anilines is 1. The third-order valence-corrected chi connectivity index (χ3v) is 1.65. The molecule has 1 rings (SSSR count). The molecule has 0 aliphatic carbocycles. The van der Waals surface area contributed by atoms with Crippen molar-refractivity contribution in [1.82, 2.24) is 4.98 Å². The van der Waals surface area contributed by atoms with Gasteiger partial charge in [-0.1, -0.05) is 12.7 Å². The fourth-order valence-corrected chi connectivity index (χ4v) is 0.901. The second kappa shape index (κ2) is 3.26. The summed E-state index contributed by atoms with van der Waals surface area (Å²) in [5, 5.41) is 0. The summed E-state index contributed by atoms with van der Waals surface area (Å²) in [7, 11) is 0. The van der Waals surface area contributed by atoms with E-state index in [9.17, 15) is 0 Å². The van der Waals surface area contributed by atoms with E-state index in [1.165, 1.54) is 0 Å². The molecule has 0 aliphatic heterocycles. The molecule has 0 fully saturated rings. The van der Waals surface area contributed by atoms with E-state index in [4.69, 9.17) is 10.2 Å². The van der Waals surface area contributed by atoms with Gasteiger partial charge in [-0.2, -0.15) is 4.98 Å². The number of oxazole rings is 1. The third kappa shape index (κ3) is 1.39.